The summed E-state index contributed by atoms with van der Waals surface area (Å²) in [7, 11) is 0. The van der Waals surface area contributed by atoms with Gasteiger partial charge in [-0.3, -0.25) is 4.79 Å². The maximum Gasteiger partial charge on any atom is 0.408 e. The zero-order valence-corrected chi connectivity index (χ0v) is 13.2. The van der Waals surface area contributed by atoms with Crippen molar-refractivity contribution in [3.05, 3.63) is 35.4 Å². The van der Waals surface area contributed by atoms with Crippen LogP contribution in [0.25, 0.3) is 0 Å². The molecule has 0 aliphatic rings. The number of rotatable bonds is 5. The Bertz CT molecular complexity index is 574. The van der Waals surface area contributed by atoms with Gasteiger partial charge in [-0.15, -0.1) is 0 Å². The van der Waals surface area contributed by atoms with Crippen molar-refractivity contribution in [1.82, 2.24) is 5.32 Å². The van der Waals surface area contributed by atoms with Gasteiger partial charge in [0.05, 0.1) is 0 Å². The fourth-order valence-electron chi connectivity index (χ4n) is 1.83. The quantitative estimate of drug-likeness (QED) is 0.815. The van der Waals surface area contributed by atoms with Crippen molar-refractivity contribution in [2.24, 2.45) is 0 Å². The summed E-state index contributed by atoms with van der Waals surface area (Å²) >= 11 is 0. The summed E-state index contributed by atoms with van der Waals surface area (Å²) in [6.07, 6.45) is -1.20. The molecule has 0 bridgehead atoms. The fraction of sp³-hybridized carbons (Fsp3) is 0.438. The van der Waals surface area contributed by atoms with Crippen molar-refractivity contribution in [2.75, 3.05) is 0 Å². The van der Waals surface area contributed by atoms with Gasteiger partial charge in [-0.25, -0.2) is 9.59 Å². The number of carboxylic acid groups (broad SMARTS) is 1. The number of carbonyl (C=O) groups excluding carboxylic acids is 2. The SMILES string of the molecule is Cc1ccccc1C(=O)CC(NC(=O)OC(C)(C)C)C(=O)O. The van der Waals surface area contributed by atoms with Gasteiger partial charge in [0, 0.05) is 12.0 Å². The molecule has 0 spiro atoms. The van der Waals surface area contributed by atoms with Gasteiger partial charge in [0.1, 0.15) is 11.6 Å². The van der Waals surface area contributed by atoms with E-state index in [2.05, 4.69) is 5.32 Å². The number of hydrogen-bond acceptors (Lipinski definition) is 4. The molecule has 1 amide bonds. The molecular formula is C16H21NO5. The van der Waals surface area contributed by atoms with Crippen LogP contribution in [0.4, 0.5) is 4.79 Å². The maximum absolute atomic E-state index is 12.2. The highest BCUT2D eigenvalue weighted by Crippen LogP contribution is 2.12. The van der Waals surface area contributed by atoms with Crippen molar-refractivity contribution in [3.63, 3.8) is 0 Å². The first kappa shape index (κ1) is 17.7. The van der Waals surface area contributed by atoms with E-state index in [-0.39, 0.29) is 12.2 Å². The Morgan fingerprint density at radius 3 is 2.32 bits per heavy atom. The lowest BCUT2D eigenvalue weighted by Crippen LogP contribution is -2.44. The maximum atomic E-state index is 12.2. The number of Topliss-reactive ketones (excluding diaryl/α,β-unsaturated/α-hetero) is 1. The van der Waals surface area contributed by atoms with Gasteiger partial charge in [-0.05, 0) is 33.3 Å². The molecule has 2 N–H and O–H groups in total. The van der Waals surface area contributed by atoms with Gasteiger partial charge in [0.2, 0.25) is 0 Å². The predicted molar refractivity (Wildman–Crippen MR) is 80.9 cm³/mol. The monoisotopic (exact) mass is 307 g/mol. The number of nitrogens with one attached hydrogen (secondary N) is 1. The molecule has 22 heavy (non-hydrogen) atoms. The first-order valence-corrected chi connectivity index (χ1v) is 6.91. The van der Waals surface area contributed by atoms with E-state index in [9.17, 15) is 14.4 Å². The molecule has 1 atom stereocenters. The van der Waals surface area contributed by atoms with Crippen LogP contribution < -0.4 is 5.32 Å². The molecule has 0 saturated heterocycles. The van der Waals surface area contributed by atoms with Crippen molar-refractivity contribution < 1.29 is 24.2 Å². The van der Waals surface area contributed by atoms with E-state index in [1.54, 1.807) is 52.0 Å². The molecule has 6 heteroatoms. The van der Waals surface area contributed by atoms with Gasteiger partial charge in [-0.1, -0.05) is 24.3 Å². The Morgan fingerprint density at radius 1 is 1.23 bits per heavy atom. The molecule has 1 aromatic carbocycles. The molecule has 0 radical (unpaired) electrons. The van der Waals surface area contributed by atoms with E-state index in [0.29, 0.717) is 5.56 Å². The largest absolute Gasteiger partial charge is 0.480 e. The third kappa shape index (κ3) is 5.55. The summed E-state index contributed by atoms with van der Waals surface area (Å²) in [5, 5.41) is 11.4. The minimum atomic E-state index is -1.33. The Morgan fingerprint density at radius 2 is 1.82 bits per heavy atom. The van der Waals surface area contributed by atoms with Gasteiger partial charge in [0.25, 0.3) is 0 Å². The molecular weight excluding hydrogens is 286 g/mol. The molecule has 120 valence electrons. The van der Waals surface area contributed by atoms with Crippen LogP contribution in [0.15, 0.2) is 24.3 Å². The predicted octanol–water partition coefficient (Wildman–Crippen LogP) is 2.55. The fourth-order valence-corrected chi connectivity index (χ4v) is 1.83. The number of hydrogen-bond donors (Lipinski definition) is 2. The highest BCUT2D eigenvalue weighted by molar-refractivity contribution is 6.00. The summed E-state index contributed by atoms with van der Waals surface area (Å²) in [6, 6.07) is 5.56. The Kier molecular flexibility index (Phi) is 5.68. The Hall–Kier alpha value is -2.37. The summed E-state index contributed by atoms with van der Waals surface area (Å²) in [6.45, 7) is 6.77. The van der Waals surface area contributed by atoms with Crippen LogP contribution in [0.1, 0.15) is 43.1 Å². The number of ketones is 1. The van der Waals surface area contributed by atoms with Crippen LogP contribution in [0.2, 0.25) is 0 Å². The lowest BCUT2D eigenvalue weighted by atomic mass is 10.00. The standard InChI is InChI=1S/C16H21NO5/c1-10-7-5-6-8-11(10)13(18)9-12(14(19)20)17-15(21)22-16(2,3)4/h5-8,12H,9H2,1-4H3,(H,17,21)(H,19,20). The zero-order valence-electron chi connectivity index (χ0n) is 13.2. The minimum Gasteiger partial charge on any atom is -0.480 e. The number of aryl methyl sites for hydroxylation is 1. The molecule has 1 rings (SSSR count). The first-order chi connectivity index (χ1) is 10.1. The highest BCUT2D eigenvalue weighted by Gasteiger charge is 2.26. The van der Waals surface area contributed by atoms with E-state index < -0.39 is 23.7 Å². The van der Waals surface area contributed by atoms with Crippen molar-refractivity contribution >= 4 is 17.8 Å². The number of ether oxygens (including phenoxy) is 1. The number of carbonyl (C=O) groups is 3. The van der Waals surface area contributed by atoms with E-state index in [1.165, 1.54) is 0 Å². The average molecular weight is 307 g/mol. The average Bonchev–Trinajstić information content (AvgIpc) is 2.35. The summed E-state index contributed by atoms with van der Waals surface area (Å²) in [5.74, 6) is -1.63. The third-order valence-electron chi connectivity index (χ3n) is 2.82. The van der Waals surface area contributed by atoms with Crippen LogP contribution >= 0.6 is 0 Å². The summed E-state index contributed by atoms with van der Waals surface area (Å²) < 4.78 is 5.00. The van der Waals surface area contributed by atoms with Gasteiger partial charge in [0.15, 0.2) is 5.78 Å². The molecule has 6 nitrogen and oxygen atoms in total. The van der Waals surface area contributed by atoms with Crippen LogP contribution in [0.3, 0.4) is 0 Å². The van der Waals surface area contributed by atoms with Gasteiger partial charge < -0.3 is 15.2 Å². The van der Waals surface area contributed by atoms with Gasteiger partial charge in [-0.2, -0.15) is 0 Å². The second kappa shape index (κ2) is 7.06. The molecule has 1 unspecified atom stereocenters. The second-order valence-electron chi connectivity index (χ2n) is 5.98. The number of aliphatic carboxylic acids is 1. The lowest BCUT2D eigenvalue weighted by Gasteiger charge is -2.21. The van der Waals surface area contributed by atoms with Crippen molar-refractivity contribution in [3.8, 4) is 0 Å². The Balaban J connectivity index is 2.77. The number of alkyl carbamates (subject to hydrolysis) is 1. The van der Waals surface area contributed by atoms with Crippen LogP contribution in [0, 0.1) is 6.92 Å². The van der Waals surface area contributed by atoms with Crippen LogP contribution in [0.5, 0.6) is 0 Å². The number of amides is 1. The summed E-state index contributed by atoms with van der Waals surface area (Å²) in [5.41, 5.74) is 0.460. The normalized spacial score (nSPS) is 12.4. The lowest BCUT2D eigenvalue weighted by molar-refractivity contribution is -0.139. The molecule has 1 aromatic rings. The van der Waals surface area contributed by atoms with Gasteiger partial charge >= 0.3 is 12.1 Å². The molecule has 0 saturated carbocycles. The van der Waals surface area contributed by atoms with Crippen LogP contribution in [-0.4, -0.2) is 34.6 Å². The molecule has 0 fully saturated rings. The van der Waals surface area contributed by atoms with E-state index in [1.807, 2.05) is 0 Å². The third-order valence-corrected chi connectivity index (χ3v) is 2.82. The van der Waals surface area contributed by atoms with E-state index in [4.69, 9.17) is 9.84 Å². The second-order valence-corrected chi connectivity index (χ2v) is 5.98. The first-order valence-electron chi connectivity index (χ1n) is 6.91. The molecule has 0 aliphatic carbocycles. The highest BCUT2D eigenvalue weighted by atomic mass is 16.6. The molecule has 0 heterocycles. The number of carboxylic acids is 1. The topological polar surface area (TPSA) is 92.7 Å². The van der Waals surface area contributed by atoms with Crippen molar-refractivity contribution in [2.45, 2.75) is 45.8 Å². The molecule has 0 aliphatic heterocycles. The Labute approximate surface area is 129 Å². The van der Waals surface area contributed by atoms with Crippen LogP contribution in [-0.2, 0) is 9.53 Å². The van der Waals surface area contributed by atoms with E-state index in [0.717, 1.165) is 5.56 Å². The summed E-state index contributed by atoms with van der Waals surface area (Å²) in [4.78, 5) is 35.1. The number of benzene rings is 1. The zero-order chi connectivity index (χ0) is 16.9. The smallest absolute Gasteiger partial charge is 0.408 e. The van der Waals surface area contributed by atoms with E-state index >= 15 is 0 Å². The molecule has 0 aromatic heterocycles. The minimum absolute atomic E-state index is 0.334. The van der Waals surface area contributed by atoms with Crippen molar-refractivity contribution in [1.29, 1.82) is 0 Å².